The van der Waals surface area contributed by atoms with Crippen LogP contribution in [0.3, 0.4) is 0 Å². The number of hydrogen-bond acceptors (Lipinski definition) is 3. The van der Waals surface area contributed by atoms with Gasteiger partial charge in [-0.15, -0.1) is 0 Å². The number of ether oxygens (including phenoxy) is 1. The third-order valence-corrected chi connectivity index (χ3v) is 3.67. The van der Waals surface area contributed by atoms with E-state index in [0.717, 1.165) is 0 Å². The molecule has 4 nitrogen and oxygen atoms in total. The lowest BCUT2D eigenvalue weighted by Gasteiger charge is -2.35. The predicted octanol–water partition coefficient (Wildman–Crippen LogP) is 1.16. The number of amides is 1. The molecule has 0 saturated heterocycles. The molecule has 0 heterocycles. The Balaban J connectivity index is 2.21. The van der Waals surface area contributed by atoms with Crippen molar-refractivity contribution in [1.82, 2.24) is 10.6 Å². The average Bonchev–Trinajstić information content (AvgIpc) is 2.29. The van der Waals surface area contributed by atoms with E-state index in [-0.39, 0.29) is 5.91 Å². The molecule has 100 valence electrons. The number of nitrogens with one attached hydrogen (secondary N) is 2. The number of rotatable bonds is 6. The first-order valence-electron chi connectivity index (χ1n) is 6.64. The van der Waals surface area contributed by atoms with E-state index in [9.17, 15) is 4.79 Å². The van der Waals surface area contributed by atoms with Crippen LogP contribution in [0.25, 0.3) is 0 Å². The van der Waals surface area contributed by atoms with Crippen molar-refractivity contribution in [2.24, 2.45) is 11.8 Å². The second kappa shape index (κ2) is 7.67. The zero-order valence-corrected chi connectivity index (χ0v) is 11.3. The molecule has 0 radical (unpaired) electrons. The van der Waals surface area contributed by atoms with E-state index in [1.54, 1.807) is 7.11 Å². The Morgan fingerprint density at radius 2 is 1.94 bits per heavy atom. The number of carbonyl (C=O) groups excluding carboxylic acids is 1. The van der Waals surface area contributed by atoms with Gasteiger partial charge in [0.2, 0.25) is 5.91 Å². The Morgan fingerprint density at radius 3 is 2.53 bits per heavy atom. The molecule has 0 bridgehead atoms. The minimum atomic E-state index is 0.0621. The van der Waals surface area contributed by atoms with E-state index in [2.05, 4.69) is 24.5 Å². The molecule has 0 aromatic heterocycles. The maximum absolute atomic E-state index is 11.5. The van der Waals surface area contributed by atoms with Crippen LogP contribution in [-0.2, 0) is 9.53 Å². The van der Waals surface area contributed by atoms with Crippen molar-refractivity contribution in [3.63, 3.8) is 0 Å². The molecule has 1 aliphatic carbocycles. The SMILES string of the molecule is COCCNC(=O)CNC1C(C)CCCC1C. The summed E-state index contributed by atoms with van der Waals surface area (Å²) in [7, 11) is 1.63. The molecule has 0 aromatic carbocycles. The number of methoxy groups -OCH3 is 1. The molecule has 1 fully saturated rings. The second-order valence-electron chi connectivity index (χ2n) is 5.13. The number of hydrogen-bond donors (Lipinski definition) is 2. The van der Waals surface area contributed by atoms with Crippen LogP contribution in [0.5, 0.6) is 0 Å². The Kier molecular flexibility index (Phi) is 6.52. The summed E-state index contributed by atoms with van der Waals surface area (Å²) in [5.74, 6) is 1.41. The summed E-state index contributed by atoms with van der Waals surface area (Å²) in [4.78, 5) is 11.5. The average molecular weight is 242 g/mol. The molecular formula is C13H26N2O2. The summed E-state index contributed by atoms with van der Waals surface area (Å²) in [6.07, 6.45) is 3.86. The highest BCUT2D eigenvalue weighted by Gasteiger charge is 2.27. The Labute approximate surface area is 104 Å². The third-order valence-electron chi connectivity index (χ3n) is 3.67. The zero-order chi connectivity index (χ0) is 12.7. The molecule has 1 aliphatic rings. The first-order valence-corrected chi connectivity index (χ1v) is 6.64. The molecule has 0 spiro atoms. The molecular weight excluding hydrogens is 216 g/mol. The van der Waals surface area contributed by atoms with Crippen LogP contribution in [0.4, 0.5) is 0 Å². The number of carbonyl (C=O) groups is 1. The topological polar surface area (TPSA) is 50.4 Å². The van der Waals surface area contributed by atoms with E-state index in [4.69, 9.17) is 4.74 Å². The lowest BCUT2D eigenvalue weighted by molar-refractivity contribution is -0.120. The Morgan fingerprint density at radius 1 is 1.29 bits per heavy atom. The smallest absolute Gasteiger partial charge is 0.234 e. The maximum atomic E-state index is 11.5. The van der Waals surface area contributed by atoms with E-state index < -0.39 is 0 Å². The Bertz CT molecular complexity index is 223. The molecule has 0 aliphatic heterocycles. The fourth-order valence-electron chi connectivity index (χ4n) is 2.65. The summed E-state index contributed by atoms with van der Waals surface area (Å²) in [5, 5.41) is 6.22. The van der Waals surface area contributed by atoms with E-state index in [1.165, 1.54) is 19.3 Å². The largest absolute Gasteiger partial charge is 0.383 e. The highest BCUT2D eigenvalue weighted by molar-refractivity contribution is 5.77. The van der Waals surface area contributed by atoms with Crippen LogP contribution >= 0.6 is 0 Å². The molecule has 2 atom stereocenters. The second-order valence-corrected chi connectivity index (χ2v) is 5.13. The molecule has 4 heteroatoms. The van der Waals surface area contributed by atoms with Crippen molar-refractivity contribution >= 4 is 5.91 Å². The van der Waals surface area contributed by atoms with Crippen LogP contribution in [0.15, 0.2) is 0 Å². The highest BCUT2D eigenvalue weighted by atomic mass is 16.5. The fraction of sp³-hybridized carbons (Fsp3) is 0.923. The van der Waals surface area contributed by atoms with Gasteiger partial charge in [-0.1, -0.05) is 20.3 Å². The molecule has 0 aromatic rings. The van der Waals surface area contributed by atoms with Gasteiger partial charge in [0.15, 0.2) is 0 Å². The van der Waals surface area contributed by atoms with E-state index >= 15 is 0 Å². The van der Waals surface area contributed by atoms with Crippen molar-refractivity contribution in [2.45, 2.75) is 39.2 Å². The van der Waals surface area contributed by atoms with E-state index in [0.29, 0.717) is 37.6 Å². The van der Waals surface area contributed by atoms with Gasteiger partial charge in [0.05, 0.1) is 13.2 Å². The van der Waals surface area contributed by atoms with Crippen LogP contribution in [0.1, 0.15) is 33.1 Å². The van der Waals surface area contributed by atoms with Crippen LogP contribution in [-0.4, -0.2) is 38.8 Å². The van der Waals surface area contributed by atoms with Gasteiger partial charge in [-0.25, -0.2) is 0 Å². The normalized spacial score (nSPS) is 29.0. The third kappa shape index (κ3) is 5.04. The van der Waals surface area contributed by atoms with Gasteiger partial charge < -0.3 is 15.4 Å². The highest BCUT2D eigenvalue weighted by Crippen LogP contribution is 2.28. The minimum Gasteiger partial charge on any atom is -0.383 e. The summed E-state index contributed by atoms with van der Waals surface area (Å²) in [6.45, 7) is 6.13. The zero-order valence-electron chi connectivity index (χ0n) is 11.3. The standard InChI is InChI=1S/C13H26N2O2/c1-10-5-4-6-11(2)13(10)15-9-12(16)14-7-8-17-3/h10-11,13,15H,4-9H2,1-3H3,(H,14,16). The first kappa shape index (κ1) is 14.5. The van der Waals surface area contributed by atoms with Crippen LogP contribution in [0, 0.1) is 11.8 Å². The first-order chi connectivity index (χ1) is 8.15. The summed E-state index contributed by atoms with van der Waals surface area (Å²) >= 11 is 0. The summed E-state index contributed by atoms with van der Waals surface area (Å²) in [6, 6.07) is 0.483. The van der Waals surface area contributed by atoms with Gasteiger partial charge in [0.25, 0.3) is 0 Å². The fourth-order valence-corrected chi connectivity index (χ4v) is 2.65. The van der Waals surface area contributed by atoms with Gasteiger partial charge in [0, 0.05) is 19.7 Å². The van der Waals surface area contributed by atoms with Crippen molar-refractivity contribution in [1.29, 1.82) is 0 Å². The predicted molar refractivity (Wildman–Crippen MR) is 68.9 cm³/mol. The molecule has 2 unspecified atom stereocenters. The monoisotopic (exact) mass is 242 g/mol. The van der Waals surface area contributed by atoms with Gasteiger partial charge in [-0.05, 0) is 24.7 Å². The van der Waals surface area contributed by atoms with Gasteiger partial charge in [-0.3, -0.25) is 4.79 Å². The minimum absolute atomic E-state index is 0.0621. The molecule has 1 amide bonds. The Hall–Kier alpha value is -0.610. The molecule has 1 rings (SSSR count). The van der Waals surface area contributed by atoms with E-state index in [1.807, 2.05) is 0 Å². The van der Waals surface area contributed by atoms with Crippen molar-refractivity contribution in [2.75, 3.05) is 26.8 Å². The summed E-state index contributed by atoms with van der Waals surface area (Å²) in [5.41, 5.74) is 0. The van der Waals surface area contributed by atoms with Crippen LogP contribution in [0.2, 0.25) is 0 Å². The van der Waals surface area contributed by atoms with Gasteiger partial charge in [0.1, 0.15) is 0 Å². The van der Waals surface area contributed by atoms with Crippen LogP contribution < -0.4 is 10.6 Å². The quantitative estimate of drug-likeness (QED) is 0.687. The van der Waals surface area contributed by atoms with Gasteiger partial charge >= 0.3 is 0 Å². The summed E-state index contributed by atoms with van der Waals surface area (Å²) < 4.78 is 4.89. The molecule has 2 N–H and O–H groups in total. The van der Waals surface area contributed by atoms with Crippen molar-refractivity contribution < 1.29 is 9.53 Å². The maximum Gasteiger partial charge on any atom is 0.234 e. The van der Waals surface area contributed by atoms with Crippen molar-refractivity contribution in [3.8, 4) is 0 Å². The lowest BCUT2D eigenvalue weighted by Crippen LogP contribution is -2.47. The van der Waals surface area contributed by atoms with Gasteiger partial charge in [-0.2, -0.15) is 0 Å². The lowest BCUT2D eigenvalue weighted by atomic mass is 9.79. The molecule has 1 saturated carbocycles. The molecule has 17 heavy (non-hydrogen) atoms. The van der Waals surface area contributed by atoms with Crippen molar-refractivity contribution in [3.05, 3.63) is 0 Å².